The standard InChI is InChI=1S/C14H23BN2O2.C13H20N2O.C8H11N.C7H16BNO2.C7H9NO.C6H6BrNO/c1-11-8-13(4-6-16-11)10-19-14-5-7-17(15(3)18)12(2)9-14;1-10-7-12(3-5-14-10)9-16-13-4-6-15-11(2)8-13;1-3-8-4-5-9-7(2)6-8;1-6-5-7(10)3-4-9(6)8(2)11;1-6-4-7(5-9)2-3-8-6;7-6-3-5(4-9)1-2-8-6/h4,6,8,12,14,18H,5,7,9-10H2,1-3H3;3,5,7,11,13,15H,4,6,8-9H2,1-2H3;4-6H,3H2,1-2H3;6-7,10-11H,3-5H2,1-2H3;2-4,9H,5H2,1H3;1-3,9H,4H2. The lowest BCUT2D eigenvalue weighted by Crippen LogP contribution is -2.50. The van der Waals surface area contributed by atoms with E-state index in [9.17, 15) is 15.2 Å². The van der Waals surface area contributed by atoms with Gasteiger partial charge >= 0.3 is 14.1 Å². The van der Waals surface area contributed by atoms with Crippen LogP contribution in [0, 0.1) is 27.7 Å². The summed E-state index contributed by atoms with van der Waals surface area (Å²) in [4.78, 5) is 24.5. The number of aliphatic hydroxyl groups excluding tert-OH is 3. The Hall–Kier alpha value is -4.04. The second-order valence-corrected chi connectivity index (χ2v) is 20.1. The molecule has 6 N–H and O–H groups in total. The summed E-state index contributed by atoms with van der Waals surface area (Å²) in [7, 11) is -0.740. The largest absolute Gasteiger partial charge is 0.437 e. The van der Waals surface area contributed by atoms with E-state index in [1.54, 1.807) is 37.4 Å². The van der Waals surface area contributed by atoms with Crippen LogP contribution in [0.3, 0.4) is 0 Å². The average molecular weight is 1070 g/mol. The number of aryl methyl sites for hydroxylation is 5. The Kier molecular flexibility index (Phi) is 30.6. The number of hydrogen-bond donors (Lipinski definition) is 6. The number of halogens is 1. The lowest BCUT2D eigenvalue weighted by molar-refractivity contribution is -0.00603. The highest BCUT2D eigenvalue weighted by molar-refractivity contribution is 9.10. The molecule has 0 radical (unpaired) electrons. The van der Waals surface area contributed by atoms with Crippen LogP contribution in [-0.2, 0) is 42.3 Å². The van der Waals surface area contributed by atoms with Crippen LogP contribution in [0.4, 0.5) is 0 Å². The molecule has 0 spiro atoms. The van der Waals surface area contributed by atoms with Crippen LogP contribution in [0.2, 0.25) is 13.6 Å². The molecule has 3 fully saturated rings. The Morgan fingerprint density at radius 2 is 1.00 bits per heavy atom. The average Bonchev–Trinajstić information content (AvgIpc) is 3.36. The predicted molar refractivity (Wildman–Crippen MR) is 297 cm³/mol. The molecule has 8 rings (SSSR count). The summed E-state index contributed by atoms with van der Waals surface area (Å²) in [5.41, 5.74) is 9.69. The fourth-order valence-electron chi connectivity index (χ4n) is 8.70. The molecule has 0 aliphatic carbocycles. The first-order chi connectivity index (χ1) is 34.9. The molecule has 5 aromatic heterocycles. The van der Waals surface area contributed by atoms with Crippen LogP contribution in [0.15, 0.2) is 96.3 Å². The fraction of sp³-hybridized carbons (Fsp3) is 0.545. The number of aromatic nitrogens is 5. The van der Waals surface area contributed by atoms with Crippen molar-refractivity contribution in [2.75, 3.05) is 19.6 Å². The summed E-state index contributed by atoms with van der Waals surface area (Å²) in [6, 6.07) is 20.8. The molecule has 73 heavy (non-hydrogen) atoms. The molecule has 0 saturated carbocycles. The highest BCUT2D eigenvalue weighted by Gasteiger charge is 2.30. The summed E-state index contributed by atoms with van der Waals surface area (Å²) in [6.07, 6.45) is 16.3. The van der Waals surface area contributed by atoms with Crippen LogP contribution >= 0.6 is 15.9 Å². The lowest BCUT2D eigenvalue weighted by Gasteiger charge is -2.38. The van der Waals surface area contributed by atoms with Gasteiger partial charge in [-0.15, -0.1) is 0 Å². The van der Waals surface area contributed by atoms with Crippen molar-refractivity contribution < 1.29 is 34.8 Å². The molecule has 3 aliphatic heterocycles. The van der Waals surface area contributed by atoms with E-state index >= 15 is 0 Å². The number of rotatable bonds is 11. The zero-order chi connectivity index (χ0) is 53.7. The molecular weight excluding hydrogens is 986 g/mol. The van der Waals surface area contributed by atoms with E-state index in [2.05, 4.69) is 89.9 Å². The van der Waals surface area contributed by atoms with Crippen molar-refractivity contribution in [1.29, 1.82) is 0 Å². The number of pyridine rings is 5. The maximum atomic E-state index is 9.65. The Labute approximate surface area is 446 Å². The van der Waals surface area contributed by atoms with E-state index < -0.39 is 0 Å². The molecule has 6 atom stereocenters. The fourth-order valence-corrected chi connectivity index (χ4v) is 9.11. The lowest BCUT2D eigenvalue weighted by atomic mass is 9.80. The third-order valence-corrected chi connectivity index (χ3v) is 13.1. The van der Waals surface area contributed by atoms with Crippen molar-refractivity contribution in [1.82, 2.24) is 39.9 Å². The third kappa shape index (κ3) is 26.3. The van der Waals surface area contributed by atoms with Crippen LogP contribution in [0.1, 0.15) is 117 Å². The maximum absolute atomic E-state index is 9.65. The van der Waals surface area contributed by atoms with Crippen molar-refractivity contribution in [2.45, 2.75) is 177 Å². The molecule has 6 unspecified atom stereocenters. The first-order valence-electron chi connectivity index (χ1n) is 25.9. The molecule has 3 saturated heterocycles. The zero-order valence-electron chi connectivity index (χ0n) is 45.2. The van der Waals surface area contributed by atoms with Crippen molar-refractivity contribution in [2.24, 2.45) is 0 Å². The monoisotopic (exact) mass is 1070 g/mol. The minimum Gasteiger partial charge on any atom is -0.437 e. The number of ether oxygens (including phenoxy) is 2. The first kappa shape index (κ1) is 63.3. The SMILES string of the molecule is CB(O)N1CCC(O)CC1C.CB(O)N1CCC(OCc2ccnc(C)c2)CC1C.CCc1ccnc(C)c1.Cc1cc(CO)ccn1.Cc1cc(COC2CCNC(C)C2)ccn1.OCc1ccnc(Br)c1. The minimum atomic E-state index is -0.377. The maximum Gasteiger partial charge on any atom is 0.376 e. The first-order valence-corrected chi connectivity index (χ1v) is 26.7. The highest BCUT2D eigenvalue weighted by Crippen LogP contribution is 2.22. The second-order valence-electron chi connectivity index (χ2n) is 19.3. The van der Waals surface area contributed by atoms with Gasteiger partial charge in [0.25, 0.3) is 0 Å². The molecule has 400 valence electrons. The molecule has 8 heterocycles. The van der Waals surface area contributed by atoms with Gasteiger partial charge in [-0.3, -0.25) is 19.9 Å². The third-order valence-electron chi connectivity index (χ3n) is 12.7. The summed E-state index contributed by atoms with van der Waals surface area (Å²) < 4.78 is 12.7. The van der Waals surface area contributed by atoms with E-state index in [1.807, 2.05) is 89.1 Å². The van der Waals surface area contributed by atoms with Gasteiger partial charge < -0.3 is 49.8 Å². The van der Waals surface area contributed by atoms with Crippen molar-refractivity contribution in [3.8, 4) is 0 Å². The number of hydrogen-bond acceptors (Lipinski definition) is 15. The predicted octanol–water partition coefficient (Wildman–Crippen LogP) is 8.03. The normalized spacial score (nSPS) is 20.6. The van der Waals surface area contributed by atoms with E-state index in [-0.39, 0.29) is 33.4 Å². The van der Waals surface area contributed by atoms with Crippen molar-refractivity contribution in [3.05, 3.63) is 147 Å². The molecule has 0 aromatic carbocycles. The van der Waals surface area contributed by atoms with Gasteiger partial charge in [-0.25, -0.2) is 4.98 Å². The van der Waals surface area contributed by atoms with E-state index in [1.165, 1.54) is 16.7 Å². The Morgan fingerprint density at radius 3 is 1.38 bits per heavy atom. The zero-order valence-corrected chi connectivity index (χ0v) is 46.8. The number of aliphatic hydroxyl groups is 3. The van der Waals surface area contributed by atoms with E-state index in [0.29, 0.717) is 43.5 Å². The van der Waals surface area contributed by atoms with Gasteiger partial charge in [0, 0.05) is 71.9 Å². The summed E-state index contributed by atoms with van der Waals surface area (Å²) in [5.74, 6) is 0. The summed E-state index contributed by atoms with van der Waals surface area (Å²) >= 11 is 3.18. The van der Waals surface area contributed by atoms with Crippen molar-refractivity contribution >= 4 is 30.0 Å². The molecule has 0 amide bonds. The van der Waals surface area contributed by atoms with Crippen LogP contribution in [0.25, 0.3) is 0 Å². The Balaban J connectivity index is 0.000000238. The molecule has 5 aromatic rings. The quantitative estimate of drug-likeness (QED) is 0.0548. The molecule has 15 nitrogen and oxygen atoms in total. The van der Waals surface area contributed by atoms with E-state index in [4.69, 9.17) is 19.7 Å². The van der Waals surface area contributed by atoms with E-state index in [0.717, 1.165) is 103 Å². The molecule has 3 aliphatic rings. The van der Waals surface area contributed by atoms with Gasteiger partial charge in [0.15, 0.2) is 0 Å². The van der Waals surface area contributed by atoms with Crippen LogP contribution in [-0.4, -0.2) is 130 Å². The Bertz CT molecular complexity index is 2160. The second kappa shape index (κ2) is 35.3. The molecule has 0 bridgehead atoms. The van der Waals surface area contributed by atoms with Crippen LogP contribution in [0.5, 0.6) is 0 Å². The molecular formula is C55H85B2BrN8O7. The molecule has 18 heteroatoms. The van der Waals surface area contributed by atoms with Crippen molar-refractivity contribution in [3.63, 3.8) is 0 Å². The van der Waals surface area contributed by atoms with Gasteiger partial charge in [0.2, 0.25) is 0 Å². The summed E-state index contributed by atoms with van der Waals surface area (Å²) in [6.45, 7) is 24.4. The van der Waals surface area contributed by atoms with Gasteiger partial charge in [-0.1, -0.05) is 20.8 Å². The summed E-state index contributed by atoms with van der Waals surface area (Å²) in [5, 5.41) is 48.9. The number of nitrogens with zero attached hydrogens (tertiary/aromatic N) is 7. The topological polar surface area (TPSA) is 203 Å². The van der Waals surface area contributed by atoms with Gasteiger partial charge in [-0.2, -0.15) is 0 Å². The number of nitrogens with one attached hydrogen (secondary N) is 1. The van der Waals surface area contributed by atoms with Crippen LogP contribution < -0.4 is 5.32 Å². The van der Waals surface area contributed by atoms with Gasteiger partial charge in [0.1, 0.15) is 4.60 Å². The number of piperidine rings is 3. The van der Waals surface area contributed by atoms with Gasteiger partial charge in [-0.05, 0) is 217 Å². The Morgan fingerprint density at radius 1 is 0.589 bits per heavy atom. The van der Waals surface area contributed by atoms with Gasteiger partial charge in [0.05, 0.1) is 44.7 Å². The highest BCUT2D eigenvalue weighted by atomic mass is 79.9. The smallest absolute Gasteiger partial charge is 0.376 e. The minimum absolute atomic E-state index is 0.0706.